The van der Waals surface area contributed by atoms with Crippen molar-refractivity contribution in [3.8, 4) is 6.07 Å². The number of nitriles is 1. The number of likely N-dealkylation sites (N-methyl/N-ethyl adjacent to an activating group) is 1. The summed E-state index contributed by atoms with van der Waals surface area (Å²) in [5.74, 6) is 0. The van der Waals surface area contributed by atoms with E-state index in [1.54, 1.807) is 19.2 Å². The summed E-state index contributed by atoms with van der Waals surface area (Å²) in [4.78, 5) is 1.85. The van der Waals surface area contributed by atoms with Crippen LogP contribution in [0.2, 0.25) is 0 Å². The molecule has 5 nitrogen and oxygen atoms in total. The Morgan fingerprint density at radius 3 is 2.88 bits per heavy atom. The monoisotopic (exact) mass is 235 g/mol. The van der Waals surface area contributed by atoms with Crippen LogP contribution in [0.4, 0.5) is 11.4 Å². The van der Waals surface area contributed by atoms with Gasteiger partial charge in [-0.1, -0.05) is 0 Å². The Hall–Kier alpha value is -1.77. The molecule has 0 aliphatic heterocycles. The number of hydrogen-bond donors (Lipinski definition) is 2. The summed E-state index contributed by atoms with van der Waals surface area (Å²) in [5, 5.41) is 18.5. The van der Waals surface area contributed by atoms with Crippen LogP contribution in [-0.4, -0.2) is 38.5 Å². The molecule has 0 amide bonds. The second-order valence-corrected chi connectivity index (χ2v) is 3.87. The number of anilines is 2. The average Bonchev–Trinajstić information content (AvgIpc) is 2.29. The van der Waals surface area contributed by atoms with Crippen LogP contribution >= 0.6 is 0 Å². The lowest BCUT2D eigenvalue weighted by atomic mass is 10.1. The maximum absolute atomic E-state index is 9.61. The number of rotatable bonds is 5. The van der Waals surface area contributed by atoms with Crippen molar-refractivity contribution in [2.24, 2.45) is 0 Å². The molecule has 5 heteroatoms. The molecule has 0 aromatic heterocycles. The van der Waals surface area contributed by atoms with Gasteiger partial charge in [-0.3, -0.25) is 0 Å². The van der Waals surface area contributed by atoms with Crippen molar-refractivity contribution in [3.63, 3.8) is 0 Å². The Morgan fingerprint density at radius 1 is 1.59 bits per heavy atom. The first-order valence-electron chi connectivity index (χ1n) is 5.26. The Morgan fingerprint density at radius 2 is 2.29 bits per heavy atom. The van der Waals surface area contributed by atoms with E-state index in [1.165, 1.54) is 0 Å². The van der Waals surface area contributed by atoms with Gasteiger partial charge in [-0.15, -0.1) is 0 Å². The van der Waals surface area contributed by atoms with E-state index in [4.69, 9.17) is 15.7 Å². The Bertz CT molecular complexity index is 415. The molecule has 0 radical (unpaired) electrons. The van der Waals surface area contributed by atoms with Gasteiger partial charge in [-0.25, -0.2) is 0 Å². The maximum Gasteiger partial charge on any atom is 0.101 e. The number of aliphatic hydroxyl groups is 1. The maximum atomic E-state index is 9.61. The first-order chi connectivity index (χ1) is 8.08. The lowest BCUT2D eigenvalue weighted by molar-refractivity contribution is 0.0695. The minimum atomic E-state index is -0.562. The Balaban J connectivity index is 2.76. The summed E-state index contributed by atoms with van der Waals surface area (Å²) < 4.78 is 4.86. The third-order valence-electron chi connectivity index (χ3n) is 2.44. The quantitative estimate of drug-likeness (QED) is 0.730. The van der Waals surface area contributed by atoms with Gasteiger partial charge in [0.2, 0.25) is 0 Å². The molecule has 1 aromatic rings. The van der Waals surface area contributed by atoms with E-state index >= 15 is 0 Å². The first-order valence-corrected chi connectivity index (χ1v) is 5.26. The minimum Gasteiger partial charge on any atom is -0.398 e. The van der Waals surface area contributed by atoms with Gasteiger partial charge >= 0.3 is 0 Å². The molecular formula is C12H17N3O2. The number of nitrogens with two attached hydrogens (primary N) is 1. The second kappa shape index (κ2) is 6.09. The van der Waals surface area contributed by atoms with Crippen LogP contribution in [0.5, 0.6) is 0 Å². The fourth-order valence-corrected chi connectivity index (χ4v) is 1.55. The molecule has 92 valence electrons. The zero-order valence-electron chi connectivity index (χ0n) is 10.1. The van der Waals surface area contributed by atoms with E-state index in [1.807, 2.05) is 24.1 Å². The predicted molar refractivity (Wildman–Crippen MR) is 66.7 cm³/mol. The SMILES string of the molecule is COCC(O)CN(C)c1ccc(N)c(C#N)c1. The summed E-state index contributed by atoms with van der Waals surface area (Å²) in [5.41, 5.74) is 7.38. The molecule has 1 atom stereocenters. The number of hydrogen-bond acceptors (Lipinski definition) is 5. The number of aliphatic hydroxyl groups excluding tert-OH is 1. The van der Waals surface area contributed by atoms with Crippen molar-refractivity contribution in [1.29, 1.82) is 5.26 Å². The summed E-state index contributed by atoms with van der Waals surface area (Å²) >= 11 is 0. The van der Waals surface area contributed by atoms with Gasteiger partial charge in [0, 0.05) is 32.1 Å². The van der Waals surface area contributed by atoms with Crippen molar-refractivity contribution >= 4 is 11.4 Å². The molecule has 0 heterocycles. The molecular weight excluding hydrogens is 218 g/mol. The molecule has 17 heavy (non-hydrogen) atoms. The third-order valence-corrected chi connectivity index (χ3v) is 2.44. The predicted octanol–water partition coefficient (Wildman–Crippen LogP) is 0.584. The molecule has 0 saturated heterocycles. The van der Waals surface area contributed by atoms with Gasteiger partial charge in [0.05, 0.1) is 18.3 Å². The zero-order valence-corrected chi connectivity index (χ0v) is 10.1. The highest BCUT2D eigenvalue weighted by Gasteiger charge is 2.10. The highest BCUT2D eigenvalue weighted by Crippen LogP contribution is 2.19. The van der Waals surface area contributed by atoms with E-state index in [-0.39, 0.29) is 6.61 Å². The standard InChI is InChI=1S/C12H17N3O2/c1-15(7-11(16)8-17-2)10-3-4-12(14)9(5-10)6-13/h3-5,11,16H,7-8,14H2,1-2H3. The van der Waals surface area contributed by atoms with Crippen molar-refractivity contribution in [3.05, 3.63) is 23.8 Å². The van der Waals surface area contributed by atoms with Crippen LogP contribution in [0.15, 0.2) is 18.2 Å². The second-order valence-electron chi connectivity index (χ2n) is 3.87. The van der Waals surface area contributed by atoms with E-state index < -0.39 is 6.10 Å². The number of nitrogens with zero attached hydrogens (tertiary/aromatic N) is 2. The summed E-state index contributed by atoms with van der Waals surface area (Å²) in [6, 6.07) is 7.24. The molecule has 1 aromatic carbocycles. The van der Waals surface area contributed by atoms with Crippen LogP contribution < -0.4 is 10.6 Å². The topological polar surface area (TPSA) is 82.5 Å². The molecule has 0 aliphatic rings. The molecule has 0 saturated carbocycles. The minimum absolute atomic E-state index is 0.282. The van der Waals surface area contributed by atoms with Crippen molar-refractivity contribution in [2.75, 3.05) is 37.9 Å². The van der Waals surface area contributed by atoms with Crippen LogP contribution in [-0.2, 0) is 4.74 Å². The summed E-state index contributed by atoms with van der Waals surface area (Å²) in [7, 11) is 3.38. The third kappa shape index (κ3) is 3.63. The lowest BCUT2D eigenvalue weighted by Gasteiger charge is -2.22. The molecule has 0 spiro atoms. The highest BCUT2D eigenvalue weighted by molar-refractivity contribution is 5.62. The van der Waals surface area contributed by atoms with Gasteiger partial charge in [0.15, 0.2) is 0 Å². The molecule has 1 unspecified atom stereocenters. The number of ether oxygens (including phenoxy) is 1. The normalized spacial score (nSPS) is 11.9. The number of methoxy groups -OCH3 is 1. The van der Waals surface area contributed by atoms with Crippen LogP contribution in [0.25, 0.3) is 0 Å². The zero-order chi connectivity index (χ0) is 12.8. The molecule has 0 fully saturated rings. The first kappa shape index (κ1) is 13.3. The fraction of sp³-hybridized carbons (Fsp3) is 0.417. The van der Waals surface area contributed by atoms with E-state index in [0.717, 1.165) is 5.69 Å². The van der Waals surface area contributed by atoms with Gasteiger partial charge < -0.3 is 20.5 Å². The van der Waals surface area contributed by atoms with Crippen molar-refractivity contribution < 1.29 is 9.84 Å². The number of nitrogen functional groups attached to an aromatic ring is 1. The smallest absolute Gasteiger partial charge is 0.101 e. The van der Waals surface area contributed by atoms with Crippen molar-refractivity contribution in [1.82, 2.24) is 0 Å². The van der Waals surface area contributed by atoms with Crippen LogP contribution in [0.1, 0.15) is 5.56 Å². The van der Waals surface area contributed by atoms with Crippen molar-refractivity contribution in [2.45, 2.75) is 6.10 Å². The fourth-order valence-electron chi connectivity index (χ4n) is 1.55. The van der Waals surface area contributed by atoms with E-state index in [2.05, 4.69) is 0 Å². The van der Waals surface area contributed by atoms with Crippen LogP contribution in [0.3, 0.4) is 0 Å². The summed E-state index contributed by atoms with van der Waals surface area (Å²) in [6.07, 6.45) is -0.562. The number of benzene rings is 1. The van der Waals surface area contributed by atoms with Gasteiger partial charge in [0.25, 0.3) is 0 Å². The largest absolute Gasteiger partial charge is 0.398 e. The van der Waals surface area contributed by atoms with E-state index in [9.17, 15) is 5.11 Å². The van der Waals surface area contributed by atoms with Gasteiger partial charge in [-0.05, 0) is 18.2 Å². The molecule has 0 aliphatic carbocycles. The van der Waals surface area contributed by atoms with E-state index in [0.29, 0.717) is 17.8 Å². The Kier molecular flexibility index (Phi) is 4.76. The van der Waals surface area contributed by atoms with Gasteiger partial charge in [-0.2, -0.15) is 5.26 Å². The average molecular weight is 235 g/mol. The Labute approximate surface area is 101 Å². The highest BCUT2D eigenvalue weighted by atomic mass is 16.5. The molecule has 0 bridgehead atoms. The molecule has 1 rings (SSSR count). The van der Waals surface area contributed by atoms with Gasteiger partial charge in [0.1, 0.15) is 6.07 Å². The lowest BCUT2D eigenvalue weighted by Crippen LogP contribution is -2.31. The van der Waals surface area contributed by atoms with Crippen LogP contribution in [0, 0.1) is 11.3 Å². The summed E-state index contributed by atoms with van der Waals surface area (Å²) in [6.45, 7) is 0.715. The molecule has 3 N–H and O–H groups in total.